The maximum absolute atomic E-state index is 13.8. The van der Waals surface area contributed by atoms with Gasteiger partial charge in [0.05, 0.1) is 34.4 Å². The Balaban J connectivity index is 1.96. The van der Waals surface area contributed by atoms with Gasteiger partial charge in [0.25, 0.3) is 0 Å². The quantitative estimate of drug-likeness (QED) is 0.555. The molecule has 0 fully saturated rings. The smallest absolute Gasteiger partial charge is 0.171 e. The minimum absolute atomic E-state index is 0.0631. The minimum atomic E-state index is -0.428. The molecule has 0 saturated carbocycles. The van der Waals surface area contributed by atoms with E-state index in [1.54, 1.807) is 28.4 Å². The van der Waals surface area contributed by atoms with Crippen LogP contribution in [0, 0.1) is 6.92 Å². The van der Waals surface area contributed by atoms with Crippen molar-refractivity contribution >= 4 is 5.78 Å². The van der Waals surface area contributed by atoms with Crippen molar-refractivity contribution in [3.8, 4) is 23.0 Å². The Labute approximate surface area is 182 Å². The van der Waals surface area contributed by atoms with E-state index in [1.807, 2.05) is 61.5 Å². The molecule has 1 aliphatic carbocycles. The maximum Gasteiger partial charge on any atom is 0.171 e. The molecular formula is C26H26O5. The number of carbonyl (C=O) groups is 1. The molecule has 5 nitrogen and oxygen atoms in total. The highest BCUT2D eigenvalue weighted by Crippen LogP contribution is 2.52. The summed E-state index contributed by atoms with van der Waals surface area (Å²) in [5.41, 5.74) is 4.46. The second-order valence-corrected chi connectivity index (χ2v) is 7.67. The summed E-state index contributed by atoms with van der Waals surface area (Å²) in [6.07, 6.45) is 0. The molecule has 0 aromatic heterocycles. The molecule has 0 heterocycles. The first-order valence-corrected chi connectivity index (χ1v) is 10.1. The first kappa shape index (κ1) is 20.8. The van der Waals surface area contributed by atoms with Crippen LogP contribution >= 0.6 is 0 Å². The molecule has 0 amide bonds. The molecule has 3 aromatic rings. The summed E-state index contributed by atoms with van der Waals surface area (Å²) in [7, 11) is 6.50. The molecule has 1 aliphatic rings. The summed E-state index contributed by atoms with van der Waals surface area (Å²) >= 11 is 0. The van der Waals surface area contributed by atoms with Crippen molar-refractivity contribution in [2.45, 2.75) is 18.8 Å². The van der Waals surface area contributed by atoms with E-state index in [9.17, 15) is 4.79 Å². The van der Waals surface area contributed by atoms with Crippen LogP contribution in [0.3, 0.4) is 0 Å². The monoisotopic (exact) mass is 418 g/mol. The molecule has 0 spiro atoms. The standard InChI is InChI=1S/C26H26O5/c1-15-10-21-25(22(11-15)31-5)23(16-6-8-18(28-2)9-7-16)24(26(21)27)17-12-19(29-3)14-20(13-17)30-4/h6-14,23-24H,1-5H3. The third-order valence-electron chi connectivity index (χ3n) is 5.91. The van der Waals surface area contributed by atoms with Crippen LogP contribution in [0.1, 0.15) is 44.4 Å². The summed E-state index contributed by atoms with van der Waals surface area (Å²) < 4.78 is 22.0. The van der Waals surface area contributed by atoms with Gasteiger partial charge in [0.15, 0.2) is 5.78 Å². The van der Waals surface area contributed by atoms with Crippen LogP contribution in [0.4, 0.5) is 0 Å². The molecule has 31 heavy (non-hydrogen) atoms. The Morgan fingerprint density at radius 2 is 1.26 bits per heavy atom. The summed E-state index contributed by atoms with van der Waals surface area (Å²) in [5.74, 6) is 2.21. The van der Waals surface area contributed by atoms with Crippen LogP contribution in [0.25, 0.3) is 0 Å². The Bertz CT molecular complexity index is 1100. The number of benzene rings is 3. The fraction of sp³-hybridized carbons (Fsp3) is 0.269. The second kappa shape index (κ2) is 8.34. The first-order chi connectivity index (χ1) is 15.0. The van der Waals surface area contributed by atoms with Gasteiger partial charge in [-0.25, -0.2) is 0 Å². The molecule has 0 radical (unpaired) electrons. The fourth-order valence-electron chi connectivity index (χ4n) is 4.47. The van der Waals surface area contributed by atoms with Crippen LogP contribution in [-0.2, 0) is 0 Å². The molecule has 0 N–H and O–H groups in total. The molecule has 0 bridgehead atoms. The van der Waals surface area contributed by atoms with Crippen LogP contribution in [0.2, 0.25) is 0 Å². The summed E-state index contributed by atoms with van der Waals surface area (Å²) in [4.78, 5) is 13.8. The zero-order valence-corrected chi connectivity index (χ0v) is 18.4. The topological polar surface area (TPSA) is 54.0 Å². The third kappa shape index (κ3) is 3.61. The van der Waals surface area contributed by atoms with Gasteiger partial charge >= 0.3 is 0 Å². The lowest BCUT2D eigenvalue weighted by atomic mass is 9.81. The largest absolute Gasteiger partial charge is 0.497 e. The Hall–Kier alpha value is -3.47. The van der Waals surface area contributed by atoms with Crippen molar-refractivity contribution in [2.24, 2.45) is 0 Å². The molecule has 4 rings (SSSR count). The van der Waals surface area contributed by atoms with E-state index in [1.165, 1.54) is 0 Å². The van der Waals surface area contributed by atoms with Gasteiger partial charge in [-0.3, -0.25) is 4.79 Å². The normalized spacial score (nSPS) is 17.3. The van der Waals surface area contributed by atoms with Gasteiger partial charge in [0, 0.05) is 23.1 Å². The molecule has 2 unspecified atom stereocenters. The van der Waals surface area contributed by atoms with E-state index in [0.29, 0.717) is 17.1 Å². The molecule has 0 aliphatic heterocycles. The SMILES string of the molecule is COc1ccc(C2c3c(OC)cc(C)cc3C(=O)C2c2cc(OC)cc(OC)c2)cc1. The Morgan fingerprint density at radius 1 is 0.645 bits per heavy atom. The first-order valence-electron chi connectivity index (χ1n) is 10.1. The average Bonchev–Trinajstić information content (AvgIpc) is 3.10. The molecule has 3 aromatic carbocycles. The molecule has 5 heteroatoms. The zero-order chi connectivity index (χ0) is 22.1. The van der Waals surface area contributed by atoms with Crippen LogP contribution in [-0.4, -0.2) is 34.2 Å². The van der Waals surface area contributed by atoms with Gasteiger partial charge in [-0.15, -0.1) is 0 Å². The second-order valence-electron chi connectivity index (χ2n) is 7.67. The van der Waals surface area contributed by atoms with E-state index < -0.39 is 5.92 Å². The van der Waals surface area contributed by atoms with E-state index in [0.717, 1.165) is 33.8 Å². The molecular weight excluding hydrogens is 392 g/mol. The number of carbonyl (C=O) groups excluding carboxylic acids is 1. The molecule has 0 saturated heterocycles. The van der Waals surface area contributed by atoms with Gasteiger partial charge in [-0.1, -0.05) is 12.1 Å². The van der Waals surface area contributed by atoms with Crippen LogP contribution < -0.4 is 18.9 Å². The van der Waals surface area contributed by atoms with Gasteiger partial charge in [-0.05, 0) is 60.0 Å². The Morgan fingerprint density at radius 3 is 1.81 bits per heavy atom. The summed E-state index contributed by atoms with van der Waals surface area (Å²) in [5, 5.41) is 0. The highest BCUT2D eigenvalue weighted by Gasteiger charge is 2.44. The number of ketones is 1. The number of methoxy groups -OCH3 is 4. The van der Waals surface area contributed by atoms with Crippen molar-refractivity contribution < 1.29 is 23.7 Å². The number of fused-ring (bicyclic) bond motifs is 1. The summed E-state index contributed by atoms with van der Waals surface area (Å²) in [6.45, 7) is 1.97. The average molecular weight is 418 g/mol. The van der Waals surface area contributed by atoms with Crippen LogP contribution in [0.15, 0.2) is 54.6 Å². The van der Waals surface area contributed by atoms with Gasteiger partial charge in [0.1, 0.15) is 23.0 Å². The van der Waals surface area contributed by atoms with Gasteiger partial charge in [0.2, 0.25) is 0 Å². The van der Waals surface area contributed by atoms with E-state index in [4.69, 9.17) is 18.9 Å². The van der Waals surface area contributed by atoms with Crippen LogP contribution in [0.5, 0.6) is 23.0 Å². The molecule has 2 atom stereocenters. The number of ether oxygens (including phenoxy) is 4. The third-order valence-corrected chi connectivity index (χ3v) is 5.91. The number of rotatable bonds is 6. The highest BCUT2D eigenvalue weighted by molar-refractivity contribution is 6.08. The zero-order valence-electron chi connectivity index (χ0n) is 18.4. The van der Waals surface area contributed by atoms with Crippen molar-refractivity contribution in [1.82, 2.24) is 0 Å². The van der Waals surface area contributed by atoms with Gasteiger partial charge in [-0.2, -0.15) is 0 Å². The number of hydrogen-bond donors (Lipinski definition) is 0. The predicted octanol–water partition coefficient (Wildman–Crippen LogP) is 5.14. The predicted molar refractivity (Wildman–Crippen MR) is 119 cm³/mol. The number of hydrogen-bond acceptors (Lipinski definition) is 5. The van der Waals surface area contributed by atoms with E-state index >= 15 is 0 Å². The van der Waals surface area contributed by atoms with Crippen molar-refractivity contribution in [1.29, 1.82) is 0 Å². The minimum Gasteiger partial charge on any atom is -0.497 e. The van der Waals surface area contributed by atoms with E-state index in [-0.39, 0.29) is 11.7 Å². The van der Waals surface area contributed by atoms with Crippen molar-refractivity contribution in [2.75, 3.05) is 28.4 Å². The maximum atomic E-state index is 13.8. The van der Waals surface area contributed by atoms with Crippen molar-refractivity contribution in [3.63, 3.8) is 0 Å². The summed E-state index contributed by atoms with van der Waals surface area (Å²) in [6, 6.07) is 17.4. The fourth-order valence-corrected chi connectivity index (χ4v) is 4.47. The molecule has 160 valence electrons. The lowest BCUT2D eigenvalue weighted by molar-refractivity contribution is 0.0968. The van der Waals surface area contributed by atoms with Gasteiger partial charge < -0.3 is 18.9 Å². The highest BCUT2D eigenvalue weighted by atomic mass is 16.5. The lowest BCUT2D eigenvalue weighted by Crippen LogP contribution is -2.13. The number of Topliss-reactive ketones (excluding diaryl/α,β-unsaturated/α-hetero) is 1. The van der Waals surface area contributed by atoms with Crippen molar-refractivity contribution in [3.05, 3.63) is 82.4 Å². The Kier molecular flexibility index (Phi) is 5.59. The number of aryl methyl sites for hydroxylation is 1. The van der Waals surface area contributed by atoms with E-state index in [2.05, 4.69) is 0 Å². The lowest BCUT2D eigenvalue weighted by Gasteiger charge is -2.23.